The smallest absolute Gasteiger partial charge is 0.308 e. The lowest BCUT2D eigenvalue weighted by Gasteiger charge is -2.13. The van der Waals surface area contributed by atoms with Crippen molar-refractivity contribution in [2.45, 2.75) is 23.6 Å². The van der Waals surface area contributed by atoms with Crippen molar-refractivity contribution in [3.05, 3.63) is 46.5 Å². The van der Waals surface area contributed by atoms with E-state index < -0.39 is 100 Å². The van der Waals surface area contributed by atoms with Gasteiger partial charge in [-0.2, -0.15) is 26.0 Å². The molecule has 2 rings (SSSR count). The maximum absolute atomic E-state index is 13.1. The van der Waals surface area contributed by atoms with Crippen LogP contribution in [0.3, 0.4) is 0 Å². The van der Waals surface area contributed by atoms with Crippen molar-refractivity contribution < 1.29 is 85.6 Å². The number of hydrogen-bond acceptors (Lipinski definition) is 9. The molecule has 21 heteroatoms. The monoisotopic (exact) mass is 593 g/mol. The molecule has 0 fully saturated rings. The van der Waals surface area contributed by atoms with Gasteiger partial charge in [0.05, 0.1) is 0 Å². The van der Waals surface area contributed by atoms with Gasteiger partial charge in [-0.05, 0) is 0 Å². The first-order valence-electron chi connectivity index (χ1n) is 8.20. The number of carbonyl (C=O) groups is 2. The predicted molar refractivity (Wildman–Crippen MR) is 96.6 cm³/mol. The van der Waals surface area contributed by atoms with E-state index in [1.165, 1.54) is 0 Å². The van der Waals surface area contributed by atoms with E-state index in [0.717, 1.165) is 6.92 Å². The number of carboxylic acids is 1. The van der Waals surface area contributed by atoms with Crippen LogP contribution in [0.5, 0.6) is 11.5 Å². The van der Waals surface area contributed by atoms with E-state index in [4.69, 9.17) is 19.6 Å². The summed E-state index contributed by atoms with van der Waals surface area (Å²) < 4.78 is 167. The fraction of sp³-hybridized carbons (Fsp3) is 0.125. The molecule has 0 heterocycles. The molecular weight excluding hydrogens is 584 g/mol. The number of phenolic OH excluding ortho intramolecular Hbond substituents is 1. The first-order valence-corrected chi connectivity index (χ1v) is 11.0. The highest BCUT2D eigenvalue weighted by Gasteiger charge is 2.32. The number of rotatable bonds is 3. The van der Waals surface area contributed by atoms with Gasteiger partial charge in [0.2, 0.25) is 29.0 Å². The van der Waals surface area contributed by atoms with E-state index in [0.29, 0.717) is 6.92 Å². The first kappa shape index (κ1) is 33.4. The fourth-order valence-electron chi connectivity index (χ4n) is 1.87. The Morgan fingerprint density at radius 2 is 1.00 bits per heavy atom. The van der Waals surface area contributed by atoms with Crippen LogP contribution in [0.25, 0.3) is 0 Å². The van der Waals surface area contributed by atoms with E-state index in [9.17, 15) is 61.3 Å². The Labute approximate surface area is 200 Å². The third kappa shape index (κ3) is 8.23. The largest absolute Gasteiger partial charge is 0.744 e. The van der Waals surface area contributed by atoms with Gasteiger partial charge in [0.25, 0.3) is 5.97 Å². The second-order valence-corrected chi connectivity index (χ2v) is 8.56. The molecule has 0 aromatic heterocycles. The van der Waals surface area contributed by atoms with Crippen LogP contribution in [0.1, 0.15) is 13.8 Å². The Morgan fingerprint density at radius 3 is 1.24 bits per heavy atom. The Morgan fingerprint density at radius 1 is 0.703 bits per heavy atom. The van der Waals surface area contributed by atoms with Gasteiger partial charge in [0.1, 0.15) is 15.0 Å². The lowest BCUT2D eigenvalue weighted by Crippen LogP contribution is -2.14. The zero-order valence-corrected chi connectivity index (χ0v) is 19.1. The molecule has 0 saturated carbocycles. The predicted octanol–water partition coefficient (Wildman–Crippen LogP) is 2.36. The lowest BCUT2D eigenvalue weighted by atomic mass is 10.3. The molecule has 0 atom stereocenters. The number of phenols is 1. The van der Waals surface area contributed by atoms with Crippen LogP contribution >= 0.6 is 0 Å². The number of esters is 1. The van der Waals surface area contributed by atoms with E-state index in [-0.39, 0.29) is 0 Å². The number of carboxylic acid groups (broad SMARTS) is 1. The number of hydrogen-bond donors (Lipinski definition) is 3. The number of ether oxygens (including phenoxy) is 1. The van der Waals surface area contributed by atoms with Crippen LogP contribution in [-0.4, -0.2) is 48.1 Å². The molecule has 0 aliphatic carbocycles. The second-order valence-electron chi connectivity index (χ2n) is 5.89. The maximum Gasteiger partial charge on any atom is 0.308 e. The van der Waals surface area contributed by atoms with E-state index in [1.54, 1.807) is 0 Å². The van der Waals surface area contributed by atoms with Crippen LogP contribution < -0.4 is 4.74 Å². The molecule has 11 nitrogen and oxygen atoms in total. The van der Waals surface area contributed by atoms with Gasteiger partial charge in [-0.3, -0.25) is 14.1 Å². The number of benzene rings is 2. The normalized spacial score (nSPS) is 11.0. The summed E-state index contributed by atoms with van der Waals surface area (Å²) in [5.74, 6) is -24.8. The van der Waals surface area contributed by atoms with Crippen molar-refractivity contribution in [1.82, 2.24) is 0 Å². The third-order valence-corrected chi connectivity index (χ3v) is 4.87. The average Bonchev–Trinajstić information content (AvgIpc) is 2.70. The topological polar surface area (TPSA) is 195 Å². The van der Waals surface area contributed by atoms with Crippen LogP contribution in [0.4, 0.5) is 35.1 Å². The second kappa shape index (κ2) is 12.1. The highest BCUT2D eigenvalue weighted by molar-refractivity contribution is 7.86. The third-order valence-electron chi connectivity index (χ3n) is 3.14. The van der Waals surface area contributed by atoms with Gasteiger partial charge in [0.15, 0.2) is 33.9 Å². The van der Waals surface area contributed by atoms with Crippen molar-refractivity contribution in [2.75, 3.05) is 0 Å². The molecule has 0 aliphatic rings. The van der Waals surface area contributed by atoms with Crippen molar-refractivity contribution in [1.29, 1.82) is 0 Å². The van der Waals surface area contributed by atoms with Gasteiger partial charge in [-0.15, -0.1) is 0 Å². The van der Waals surface area contributed by atoms with Crippen LogP contribution in [-0.2, 0) is 29.8 Å². The average molecular weight is 593 g/mol. The Bertz CT molecular complexity index is 1400. The minimum Gasteiger partial charge on any atom is -0.744 e. The summed E-state index contributed by atoms with van der Waals surface area (Å²) in [5.41, 5.74) is 0. The highest BCUT2D eigenvalue weighted by atomic mass is 32.2. The number of aromatic hydroxyl groups is 1. The standard InChI is InChI=1S/C8H4F4O5S.C6H2F4O4S.C2H4O2/c1-2(13)17-7-3(9)5(11)8(18(14,15)16)6(12)4(7)10;7-1-3(9)6(15(12,13)14)4(10)2(8)5(1)11;1-2(3)4/h1H3,(H,14,15,16);11H,(H,12,13,14);1H3,(H,3,4)/p-1. The molecule has 3 N–H and O–H groups in total. The summed E-state index contributed by atoms with van der Waals surface area (Å²) in [6.07, 6.45) is 0. The Hall–Kier alpha value is -3.56. The Kier molecular flexibility index (Phi) is 11.0. The van der Waals surface area contributed by atoms with E-state index >= 15 is 0 Å². The highest BCUT2D eigenvalue weighted by Crippen LogP contribution is 2.33. The molecule has 0 radical (unpaired) electrons. The lowest BCUT2D eigenvalue weighted by molar-refractivity contribution is -0.134. The van der Waals surface area contributed by atoms with Crippen LogP contribution in [0, 0.1) is 46.5 Å². The zero-order chi connectivity index (χ0) is 29.8. The van der Waals surface area contributed by atoms with Gasteiger partial charge >= 0.3 is 16.1 Å². The van der Waals surface area contributed by atoms with Crippen LogP contribution in [0.2, 0.25) is 0 Å². The van der Waals surface area contributed by atoms with E-state index in [1.807, 2.05) is 0 Å². The molecule has 0 spiro atoms. The SMILES string of the molecule is CC(=O)O.CC(=O)Oc1c(F)c(F)c(S(=O)(=O)[O-])c(F)c1F.O=S(=O)(O)c1c(F)c(F)c(O)c(F)c1F. The van der Waals surface area contributed by atoms with E-state index in [2.05, 4.69) is 4.74 Å². The van der Waals surface area contributed by atoms with Crippen molar-refractivity contribution >= 4 is 32.2 Å². The Balaban J connectivity index is 0.000000619. The molecule has 0 bridgehead atoms. The number of carbonyl (C=O) groups excluding carboxylic acids is 1. The minimum absolute atomic E-state index is 0.687. The van der Waals surface area contributed by atoms with Crippen molar-refractivity contribution in [2.24, 2.45) is 0 Å². The summed E-state index contributed by atoms with van der Waals surface area (Å²) in [7, 11) is -11.2. The summed E-state index contributed by atoms with van der Waals surface area (Å²) in [5, 5.41) is 15.9. The quantitative estimate of drug-likeness (QED) is 0.155. The molecular formula is C16H9F8O11S2-. The number of halogens is 8. The van der Waals surface area contributed by atoms with Crippen LogP contribution in [0.15, 0.2) is 9.79 Å². The first-order chi connectivity index (χ1) is 16.5. The van der Waals surface area contributed by atoms with Crippen molar-refractivity contribution in [3.8, 4) is 11.5 Å². The molecule has 0 amide bonds. The van der Waals surface area contributed by atoms with Gasteiger partial charge in [-0.25, -0.2) is 26.0 Å². The molecule has 37 heavy (non-hydrogen) atoms. The summed E-state index contributed by atoms with van der Waals surface area (Å²) in [4.78, 5) is 14.9. The van der Waals surface area contributed by atoms with Gasteiger partial charge < -0.3 is 19.5 Å². The maximum atomic E-state index is 13.1. The molecule has 2 aromatic rings. The fourth-order valence-corrected chi connectivity index (χ4v) is 3.12. The molecule has 0 aliphatic heterocycles. The summed E-state index contributed by atoms with van der Waals surface area (Å²) in [6, 6.07) is 0. The van der Waals surface area contributed by atoms with Gasteiger partial charge in [-0.1, -0.05) is 0 Å². The molecule has 0 unspecified atom stereocenters. The van der Waals surface area contributed by atoms with Gasteiger partial charge in [0, 0.05) is 13.8 Å². The molecule has 0 saturated heterocycles. The summed E-state index contributed by atoms with van der Waals surface area (Å²) >= 11 is 0. The zero-order valence-electron chi connectivity index (χ0n) is 17.4. The minimum atomic E-state index is -5.77. The number of aliphatic carboxylic acids is 1. The van der Waals surface area contributed by atoms with Crippen molar-refractivity contribution in [3.63, 3.8) is 0 Å². The molecule has 208 valence electrons. The molecule has 2 aromatic carbocycles. The summed E-state index contributed by atoms with van der Waals surface area (Å²) in [6.45, 7) is 1.77.